The van der Waals surface area contributed by atoms with Crippen LogP contribution in [0.3, 0.4) is 0 Å². The SMILES string of the molecule is COc1ccc(S(=O)(=O)Nc2ccc(C)nc2C)cc1N. The van der Waals surface area contributed by atoms with Crippen LogP contribution >= 0.6 is 0 Å². The minimum atomic E-state index is -3.72. The van der Waals surface area contributed by atoms with E-state index in [2.05, 4.69) is 9.71 Å². The Balaban J connectivity index is 2.36. The molecule has 21 heavy (non-hydrogen) atoms. The number of pyridine rings is 1. The van der Waals surface area contributed by atoms with Crippen LogP contribution in [-0.2, 0) is 10.0 Å². The van der Waals surface area contributed by atoms with Gasteiger partial charge in [-0.2, -0.15) is 0 Å². The van der Waals surface area contributed by atoms with Crippen LogP contribution in [0.5, 0.6) is 5.75 Å². The van der Waals surface area contributed by atoms with Gasteiger partial charge in [-0.1, -0.05) is 0 Å². The molecule has 112 valence electrons. The van der Waals surface area contributed by atoms with Gasteiger partial charge < -0.3 is 10.5 Å². The second kappa shape index (κ2) is 5.61. The zero-order valence-electron chi connectivity index (χ0n) is 12.0. The molecule has 0 aliphatic heterocycles. The highest BCUT2D eigenvalue weighted by molar-refractivity contribution is 7.92. The van der Waals surface area contributed by atoms with E-state index in [9.17, 15) is 8.42 Å². The van der Waals surface area contributed by atoms with Crippen LogP contribution in [0.2, 0.25) is 0 Å². The van der Waals surface area contributed by atoms with Gasteiger partial charge in [-0.15, -0.1) is 0 Å². The summed E-state index contributed by atoms with van der Waals surface area (Å²) in [5.74, 6) is 0.433. The van der Waals surface area contributed by atoms with E-state index >= 15 is 0 Å². The molecule has 2 aromatic rings. The summed E-state index contributed by atoms with van der Waals surface area (Å²) in [7, 11) is -2.25. The number of anilines is 2. The number of nitrogens with one attached hydrogen (secondary N) is 1. The number of aromatic nitrogens is 1. The first kappa shape index (κ1) is 15.1. The minimum Gasteiger partial charge on any atom is -0.495 e. The third-order valence-electron chi connectivity index (χ3n) is 2.98. The topological polar surface area (TPSA) is 94.3 Å². The number of benzene rings is 1. The first-order valence-corrected chi connectivity index (χ1v) is 7.72. The first-order chi connectivity index (χ1) is 9.83. The molecule has 0 atom stereocenters. The quantitative estimate of drug-likeness (QED) is 0.843. The van der Waals surface area contributed by atoms with Gasteiger partial charge in [0.05, 0.1) is 29.1 Å². The fourth-order valence-corrected chi connectivity index (χ4v) is 3.03. The van der Waals surface area contributed by atoms with Crippen molar-refractivity contribution < 1.29 is 13.2 Å². The Morgan fingerprint density at radius 2 is 1.90 bits per heavy atom. The zero-order valence-corrected chi connectivity index (χ0v) is 12.9. The molecule has 0 saturated carbocycles. The van der Waals surface area contributed by atoms with Crippen molar-refractivity contribution >= 4 is 21.4 Å². The normalized spacial score (nSPS) is 11.2. The fraction of sp³-hybridized carbons (Fsp3) is 0.214. The van der Waals surface area contributed by atoms with Crippen molar-refractivity contribution in [1.29, 1.82) is 0 Å². The molecule has 0 aliphatic carbocycles. The van der Waals surface area contributed by atoms with E-state index in [4.69, 9.17) is 10.5 Å². The lowest BCUT2D eigenvalue weighted by atomic mass is 10.3. The summed E-state index contributed by atoms with van der Waals surface area (Å²) in [5, 5.41) is 0. The summed E-state index contributed by atoms with van der Waals surface area (Å²) in [6, 6.07) is 7.74. The van der Waals surface area contributed by atoms with Crippen molar-refractivity contribution in [3.8, 4) is 5.75 Å². The summed E-state index contributed by atoms with van der Waals surface area (Å²) in [4.78, 5) is 4.29. The molecule has 0 saturated heterocycles. The largest absolute Gasteiger partial charge is 0.495 e. The monoisotopic (exact) mass is 307 g/mol. The highest BCUT2D eigenvalue weighted by Gasteiger charge is 2.17. The lowest BCUT2D eigenvalue weighted by Gasteiger charge is -2.12. The van der Waals surface area contributed by atoms with Crippen molar-refractivity contribution in [3.05, 3.63) is 41.7 Å². The molecule has 1 aromatic heterocycles. The second-order valence-corrected chi connectivity index (χ2v) is 6.28. The Bertz CT molecular complexity index is 773. The third kappa shape index (κ3) is 3.25. The van der Waals surface area contributed by atoms with E-state index in [1.54, 1.807) is 19.1 Å². The molecule has 0 aliphatic rings. The van der Waals surface area contributed by atoms with E-state index in [1.165, 1.54) is 25.3 Å². The second-order valence-electron chi connectivity index (χ2n) is 4.59. The summed E-state index contributed by atoms with van der Waals surface area (Å²) < 4.78 is 32.2. The van der Waals surface area contributed by atoms with Crippen LogP contribution in [0, 0.1) is 13.8 Å². The molecule has 0 amide bonds. The van der Waals surface area contributed by atoms with Gasteiger partial charge in [0, 0.05) is 5.69 Å². The standard InChI is InChI=1S/C14H17N3O3S/c1-9-4-6-13(10(2)16-9)17-21(18,19)11-5-7-14(20-3)12(15)8-11/h4-8,17H,15H2,1-3H3. The number of nitrogens with two attached hydrogens (primary N) is 1. The molecule has 0 spiro atoms. The molecule has 3 N–H and O–H groups in total. The summed E-state index contributed by atoms with van der Waals surface area (Å²) in [6.45, 7) is 3.59. The van der Waals surface area contributed by atoms with Crippen LogP contribution in [0.4, 0.5) is 11.4 Å². The molecular formula is C14H17N3O3S. The van der Waals surface area contributed by atoms with Crippen molar-refractivity contribution in [2.75, 3.05) is 17.6 Å². The van der Waals surface area contributed by atoms with Crippen LogP contribution in [-0.4, -0.2) is 20.5 Å². The molecule has 6 nitrogen and oxygen atoms in total. The van der Waals surface area contributed by atoms with Gasteiger partial charge in [-0.25, -0.2) is 8.42 Å². The fourth-order valence-electron chi connectivity index (χ4n) is 1.88. The average Bonchev–Trinajstić information content (AvgIpc) is 2.42. The first-order valence-electron chi connectivity index (χ1n) is 6.24. The predicted octanol–water partition coefficient (Wildman–Crippen LogP) is 2.09. The molecule has 1 heterocycles. The maximum Gasteiger partial charge on any atom is 0.262 e. The molecule has 0 fully saturated rings. The average molecular weight is 307 g/mol. The van der Waals surface area contributed by atoms with Gasteiger partial charge in [-0.05, 0) is 44.2 Å². The number of sulfonamides is 1. The Morgan fingerprint density at radius 3 is 2.48 bits per heavy atom. The number of aryl methyl sites for hydroxylation is 2. The highest BCUT2D eigenvalue weighted by Crippen LogP contribution is 2.26. The molecule has 7 heteroatoms. The Morgan fingerprint density at radius 1 is 1.19 bits per heavy atom. The maximum absolute atomic E-state index is 12.4. The number of nitrogens with zero attached hydrogens (tertiary/aromatic N) is 1. The van der Waals surface area contributed by atoms with Crippen LogP contribution in [0.1, 0.15) is 11.4 Å². The zero-order chi connectivity index (χ0) is 15.6. The lowest BCUT2D eigenvalue weighted by molar-refractivity contribution is 0.416. The number of hydrogen-bond acceptors (Lipinski definition) is 5. The number of methoxy groups -OCH3 is 1. The molecule has 0 bridgehead atoms. The lowest BCUT2D eigenvalue weighted by Crippen LogP contribution is -2.14. The van der Waals surface area contributed by atoms with E-state index in [0.29, 0.717) is 17.1 Å². The third-order valence-corrected chi connectivity index (χ3v) is 4.34. The molecule has 0 radical (unpaired) electrons. The smallest absolute Gasteiger partial charge is 0.262 e. The van der Waals surface area contributed by atoms with Gasteiger partial charge in [0.2, 0.25) is 0 Å². The summed E-state index contributed by atoms with van der Waals surface area (Å²) >= 11 is 0. The van der Waals surface area contributed by atoms with E-state index < -0.39 is 10.0 Å². The number of ether oxygens (including phenoxy) is 1. The van der Waals surface area contributed by atoms with Crippen molar-refractivity contribution in [1.82, 2.24) is 4.98 Å². The van der Waals surface area contributed by atoms with Gasteiger partial charge in [0.15, 0.2) is 0 Å². The van der Waals surface area contributed by atoms with Crippen LogP contribution in [0.15, 0.2) is 35.2 Å². The molecule has 2 rings (SSSR count). The van der Waals surface area contributed by atoms with Crippen LogP contribution < -0.4 is 15.2 Å². The van der Waals surface area contributed by atoms with Crippen LogP contribution in [0.25, 0.3) is 0 Å². The number of hydrogen-bond donors (Lipinski definition) is 2. The molecule has 1 aromatic carbocycles. The maximum atomic E-state index is 12.4. The highest BCUT2D eigenvalue weighted by atomic mass is 32.2. The van der Waals surface area contributed by atoms with Gasteiger partial charge in [0.25, 0.3) is 10.0 Å². The Hall–Kier alpha value is -2.28. The van der Waals surface area contributed by atoms with E-state index in [-0.39, 0.29) is 10.6 Å². The van der Waals surface area contributed by atoms with Gasteiger partial charge >= 0.3 is 0 Å². The van der Waals surface area contributed by atoms with E-state index in [0.717, 1.165) is 5.69 Å². The summed E-state index contributed by atoms with van der Waals surface area (Å²) in [6.07, 6.45) is 0. The summed E-state index contributed by atoms with van der Waals surface area (Å²) in [5.41, 5.74) is 7.88. The Labute approximate surface area is 124 Å². The number of nitrogen functional groups attached to an aromatic ring is 1. The number of rotatable bonds is 4. The van der Waals surface area contributed by atoms with Crippen molar-refractivity contribution in [2.24, 2.45) is 0 Å². The Kier molecular flexibility index (Phi) is 4.04. The molecular weight excluding hydrogens is 290 g/mol. The predicted molar refractivity (Wildman–Crippen MR) is 81.9 cm³/mol. The van der Waals surface area contributed by atoms with Crippen molar-refractivity contribution in [2.45, 2.75) is 18.7 Å². The minimum absolute atomic E-state index is 0.0702. The van der Waals surface area contributed by atoms with Gasteiger partial charge in [0.1, 0.15) is 5.75 Å². The van der Waals surface area contributed by atoms with Crippen molar-refractivity contribution in [3.63, 3.8) is 0 Å². The molecule has 0 unspecified atom stereocenters. The van der Waals surface area contributed by atoms with Gasteiger partial charge in [-0.3, -0.25) is 9.71 Å². The van der Waals surface area contributed by atoms with E-state index in [1.807, 2.05) is 6.92 Å².